The minimum atomic E-state index is -0.0647. The van der Waals surface area contributed by atoms with Gasteiger partial charge in [-0.1, -0.05) is 72.8 Å². The quantitative estimate of drug-likeness (QED) is 0.530. The van der Waals surface area contributed by atoms with Crippen LogP contribution >= 0.6 is 0 Å². The molecule has 0 saturated heterocycles. The lowest BCUT2D eigenvalue weighted by Crippen LogP contribution is -2.26. The number of rotatable bonds is 3. The van der Waals surface area contributed by atoms with E-state index in [1.165, 1.54) is 10.8 Å². The third kappa shape index (κ3) is 2.99. The number of hydrogen-bond donors (Lipinski definition) is 1. The fraction of sp³-hybridized carbons (Fsp3) is 0.0870. The van der Waals surface area contributed by atoms with Crippen LogP contribution in [0.4, 0.5) is 0 Å². The van der Waals surface area contributed by atoms with E-state index in [-0.39, 0.29) is 11.9 Å². The summed E-state index contributed by atoms with van der Waals surface area (Å²) in [5.41, 5.74) is 1.82. The summed E-state index contributed by atoms with van der Waals surface area (Å²) in [6, 6.07) is 28.3. The van der Waals surface area contributed by atoms with Gasteiger partial charge in [-0.25, -0.2) is 0 Å². The van der Waals surface area contributed by atoms with E-state index in [9.17, 15) is 4.79 Å². The van der Waals surface area contributed by atoms with Gasteiger partial charge in [0, 0.05) is 5.56 Å². The van der Waals surface area contributed by atoms with Crippen molar-refractivity contribution >= 4 is 27.5 Å². The molecule has 4 aromatic rings. The fourth-order valence-corrected chi connectivity index (χ4v) is 3.32. The first-order chi connectivity index (χ1) is 12.2. The predicted octanol–water partition coefficient (Wildman–Crippen LogP) is 5.48. The van der Waals surface area contributed by atoms with Gasteiger partial charge in [0.05, 0.1) is 6.04 Å². The Hall–Kier alpha value is -3.13. The summed E-state index contributed by atoms with van der Waals surface area (Å²) in [5.74, 6) is -0.0498. The minimum Gasteiger partial charge on any atom is -0.345 e. The Morgan fingerprint density at radius 3 is 2.28 bits per heavy atom. The topological polar surface area (TPSA) is 29.1 Å². The Labute approximate surface area is 147 Å². The summed E-state index contributed by atoms with van der Waals surface area (Å²) in [7, 11) is 0. The van der Waals surface area contributed by atoms with Gasteiger partial charge in [0.25, 0.3) is 5.91 Å². The molecule has 0 saturated carbocycles. The second kappa shape index (κ2) is 6.40. The molecule has 0 aromatic heterocycles. The first kappa shape index (κ1) is 15.4. The maximum Gasteiger partial charge on any atom is 0.251 e. The lowest BCUT2D eigenvalue weighted by Gasteiger charge is -2.17. The van der Waals surface area contributed by atoms with Gasteiger partial charge < -0.3 is 5.32 Å². The van der Waals surface area contributed by atoms with Crippen molar-refractivity contribution in [3.05, 3.63) is 96.1 Å². The van der Waals surface area contributed by atoms with Gasteiger partial charge in [-0.2, -0.15) is 0 Å². The molecule has 0 spiro atoms. The van der Waals surface area contributed by atoms with Gasteiger partial charge >= 0.3 is 0 Å². The van der Waals surface area contributed by atoms with Crippen molar-refractivity contribution in [3.8, 4) is 0 Å². The average Bonchev–Trinajstić information content (AvgIpc) is 2.67. The molecule has 1 unspecified atom stereocenters. The Morgan fingerprint density at radius 1 is 0.760 bits per heavy atom. The molecule has 122 valence electrons. The zero-order chi connectivity index (χ0) is 17.2. The smallest absolute Gasteiger partial charge is 0.251 e. The zero-order valence-electron chi connectivity index (χ0n) is 14.1. The predicted molar refractivity (Wildman–Crippen MR) is 104 cm³/mol. The molecule has 0 aliphatic rings. The van der Waals surface area contributed by atoms with Crippen LogP contribution in [0.25, 0.3) is 21.5 Å². The van der Waals surface area contributed by atoms with Crippen LogP contribution in [-0.2, 0) is 0 Å². The molecular weight excluding hydrogens is 306 g/mol. The molecule has 0 aliphatic heterocycles. The number of amides is 1. The summed E-state index contributed by atoms with van der Waals surface area (Å²) in [6.07, 6.45) is 0. The number of hydrogen-bond acceptors (Lipinski definition) is 1. The molecule has 1 amide bonds. The number of benzene rings is 4. The molecule has 0 heterocycles. The van der Waals surface area contributed by atoms with Crippen LogP contribution in [0.5, 0.6) is 0 Å². The number of nitrogens with one attached hydrogen (secondary N) is 1. The second-order valence-electron chi connectivity index (χ2n) is 6.33. The molecule has 4 rings (SSSR count). The average molecular weight is 325 g/mol. The number of fused-ring (bicyclic) bond motifs is 2. The van der Waals surface area contributed by atoms with Crippen molar-refractivity contribution in [1.29, 1.82) is 0 Å². The van der Waals surface area contributed by atoms with E-state index < -0.39 is 0 Å². The van der Waals surface area contributed by atoms with Crippen molar-refractivity contribution in [2.24, 2.45) is 0 Å². The van der Waals surface area contributed by atoms with Crippen molar-refractivity contribution in [2.75, 3.05) is 0 Å². The summed E-state index contributed by atoms with van der Waals surface area (Å²) in [6.45, 7) is 2.03. The molecule has 2 heteroatoms. The number of carbonyl (C=O) groups is 1. The SMILES string of the molecule is CC(NC(=O)c1ccc2ccccc2c1)c1cccc2ccccc12. The molecule has 1 atom stereocenters. The van der Waals surface area contributed by atoms with Crippen LogP contribution < -0.4 is 5.32 Å². The Balaban J connectivity index is 1.62. The Morgan fingerprint density at radius 2 is 1.44 bits per heavy atom. The Kier molecular flexibility index (Phi) is 3.95. The molecule has 0 bridgehead atoms. The molecule has 0 radical (unpaired) electrons. The van der Waals surface area contributed by atoms with Gasteiger partial charge in [0.15, 0.2) is 0 Å². The highest BCUT2D eigenvalue weighted by Gasteiger charge is 2.13. The third-order valence-corrected chi connectivity index (χ3v) is 4.65. The molecule has 2 nitrogen and oxygen atoms in total. The minimum absolute atomic E-state index is 0.0498. The summed E-state index contributed by atoms with van der Waals surface area (Å²) in [4.78, 5) is 12.7. The van der Waals surface area contributed by atoms with Crippen LogP contribution in [0.15, 0.2) is 84.9 Å². The monoisotopic (exact) mass is 325 g/mol. The van der Waals surface area contributed by atoms with E-state index in [1.807, 2.05) is 61.5 Å². The van der Waals surface area contributed by atoms with Gasteiger partial charge in [0.1, 0.15) is 0 Å². The lowest BCUT2D eigenvalue weighted by molar-refractivity contribution is 0.0940. The number of carbonyl (C=O) groups excluding carboxylic acids is 1. The van der Waals surface area contributed by atoms with Gasteiger partial charge in [-0.15, -0.1) is 0 Å². The maximum absolute atomic E-state index is 12.7. The third-order valence-electron chi connectivity index (χ3n) is 4.65. The molecule has 1 N–H and O–H groups in total. The van der Waals surface area contributed by atoms with Gasteiger partial charge in [-0.05, 0) is 46.2 Å². The molecule has 0 fully saturated rings. The summed E-state index contributed by atoms with van der Waals surface area (Å²) >= 11 is 0. The van der Waals surface area contributed by atoms with Crippen LogP contribution in [0, 0.1) is 0 Å². The van der Waals surface area contributed by atoms with Crippen molar-refractivity contribution in [3.63, 3.8) is 0 Å². The second-order valence-corrected chi connectivity index (χ2v) is 6.33. The van der Waals surface area contributed by atoms with E-state index in [0.29, 0.717) is 5.56 Å². The molecule has 0 aliphatic carbocycles. The van der Waals surface area contributed by atoms with Crippen molar-refractivity contribution in [2.45, 2.75) is 13.0 Å². The first-order valence-corrected chi connectivity index (χ1v) is 8.50. The van der Waals surface area contributed by atoms with Crippen LogP contribution in [0.2, 0.25) is 0 Å². The van der Waals surface area contributed by atoms with Crippen LogP contribution in [0.3, 0.4) is 0 Å². The highest BCUT2D eigenvalue weighted by atomic mass is 16.1. The van der Waals surface area contributed by atoms with E-state index in [0.717, 1.165) is 16.3 Å². The lowest BCUT2D eigenvalue weighted by atomic mass is 9.99. The van der Waals surface area contributed by atoms with E-state index in [1.54, 1.807) is 0 Å². The normalized spacial score (nSPS) is 12.2. The molecule has 4 aromatic carbocycles. The first-order valence-electron chi connectivity index (χ1n) is 8.50. The summed E-state index contributed by atoms with van der Waals surface area (Å²) in [5, 5.41) is 7.71. The van der Waals surface area contributed by atoms with Crippen LogP contribution in [0.1, 0.15) is 28.9 Å². The van der Waals surface area contributed by atoms with Crippen molar-refractivity contribution in [1.82, 2.24) is 5.32 Å². The van der Waals surface area contributed by atoms with E-state index in [4.69, 9.17) is 0 Å². The van der Waals surface area contributed by atoms with Gasteiger partial charge in [0.2, 0.25) is 0 Å². The zero-order valence-corrected chi connectivity index (χ0v) is 14.1. The van der Waals surface area contributed by atoms with Crippen LogP contribution in [-0.4, -0.2) is 5.91 Å². The van der Waals surface area contributed by atoms with E-state index >= 15 is 0 Å². The molecular formula is C23H19NO. The highest BCUT2D eigenvalue weighted by molar-refractivity contribution is 5.99. The summed E-state index contributed by atoms with van der Waals surface area (Å²) < 4.78 is 0. The Bertz CT molecular complexity index is 1060. The maximum atomic E-state index is 12.7. The van der Waals surface area contributed by atoms with Gasteiger partial charge in [-0.3, -0.25) is 4.79 Å². The highest BCUT2D eigenvalue weighted by Crippen LogP contribution is 2.24. The van der Waals surface area contributed by atoms with E-state index in [2.05, 4.69) is 35.6 Å². The van der Waals surface area contributed by atoms with Crippen molar-refractivity contribution < 1.29 is 4.79 Å². The molecule has 25 heavy (non-hydrogen) atoms. The largest absolute Gasteiger partial charge is 0.345 e. The fourth-order valence-electron chi connectivity index (χ4n) is 3.32. The standard InChI is InChI=1S/C23H19NO/c1-16(21-12-6-10-18-8-4-5-11-22(18)21)24-23(25)20-14-13-17-7-2-3-9-19(17)15-20/h2-16H,1H3,(H,24,25).